The van der Waals surface area contributed by atoms with Crippen molar-refractivity contribution in [3.05, 3.63) is 29.8 Å². The highest BCUT2D eigenvalue weighted by Gasteiger charge is 2.30. The van der Waals surface area contributed by atoms with E-state index in [1.807, 2.05) is 23.1 Å². The lowest BCUT2D eigenvalue weighted by molar-refractivity contribution is -0.135. The van der Waals surface area contributed by atoms with Crippen LogP contribution >= 0.6 is 0 Å². The highest BCUT2D eigenvalue weighted by molar-refractivity contribution is 5.80. The molecule has 17 heavy (non-hydrogen) atoms. The van der Waals surface area contributed by atoms with Crippen LogP contribution in [0.5, 0.6) is 5.75 Å². The molecule has 3 heteroatoms. The van der Waals surface area contributed by atoms with E-state index in [1.54, 1.807) is 0 Å². The van der Waals surface area contributed by atoms with Gasteiger partial charge in [-0.15, -0.1) is 0 Å². The molecule has 1 fully saturated rings. The highest BCUT2D eigenvalue weighted by Crippen LogP contribution is 2.28. The number of hydrogen-bond acceptors (Lipinski definition) is 2. The number of carbonyl (C=O) groups is 1. The van der Waals surface area contributed by atoms with E-state index in [2.05, 4.69) is 6.07 Å². The Morgan fingerprint density at radius 3 is 2.82 bits per heavy atom. The predicted octanol–water partition coefficient (Wildman–Crippen LogP) is 1.86. The summed E-state index contributed by atoms with van der Waals surface area (Å²) in [6, 6.07) is 8.01. The van der Waals surface area contributed by atoms with Crippen LogP contribution in [0, 0.1) is 5.92 Å². The molecular weight excluding hydrogens is 214 g/mol. The summed E-state index contributed by atoms with van der Waals surface area (Å²) in [5.41, 5.74) is 1.16. The van der Waals surface area contributed by atoms with E-state index in [1.165, 1.54) is 0 Å². The number of fused-ring (bicyclic) bond motifs is 1. The van der Waals surface area contributed by atoms with Gasteiger partial charge in [-0.2, -0.15) is 0 Å². The van der Waals surface area contributed by atoms with Crippen LogP contribution < -0.4 is 4.74 Å². The summed E-state index contributed by atoms with van der Waals surface area (Å²) < 4.78 is 5.67. The van der Waals surface area contributed by atoms with Crippen LogP contribution in [0.2, 0.25) is 0 Å². The van der Waals surface area contributed by atoms with Gasteiger partial charge in [0.2, 0.25) is 5.91 Å². The maximum Gasteiger partial charge on any atom is 0.229 e. The number of carbonyl (C=O) groups excluding carboxylic acids is 1. The molecule has 3 rings (SSSR count). The molecule has 1 aromatic rings. The average molecular weight is 231 g/mol. The molecule has 90 valence electrons. The minimum Gasteiger partial charge on any atom is -0.492 e. The van der Waals surface area contributed by atoms with Crippen molar-refractivity contribution >= 4 is 5.91 Å². The number of amides is 1. The molecule has 0 radical (unpaired) electrons. The summed E-state index contributed by atoms with van der Waals surface area (Å²) in [6.45, 7) is 2.39. The first-order valence-electron chi connectivity index (χ1n) is 6.34. The third kappa shape index (κ3) is 2.02. The van der Waals surface area contributed by atoms with E-state index in [0.29, 0.717) is 6.61 Å². The normalized spacial score (nSPS) is 23.1. The summed E-state index contributed by atoms with van der Waals surface area (Å²) in [5, 5.41) is 0. The molecule has 1 unspecified atom stereocenters. The number of likely N-dealkylation sites (tertiary alicyclic amines) is 1. The molecular formula is C14H17NO2. The van der Waals surface area contributed by atoms with Crippen LogP contribution in [0.15, 0.2) is 24.3 Å². The molecule has 3 nitrogen and oxygen atoms in total. The molecule has 0 aliphatic carbocycles. The van der Waals surface area contributed by atoms with Crippen molar-refractivity contribution < 1.29 is 9.53 Å². The highest BCUT2D eigenvalue weighted by atomic mass is 16.5. The van der Waals surface area contributed by atoms with Gasteiger partial charge in [0.05, 0.1) is 5.92 Å². The fraction of sp³-hybridized carbons (Fsp3) is 0.500. The molecule has 0 N–H and O–H groups in total. The van der Waals surface area contributed by atoms with Crippen LogP contribution in [-0.2, 0) is 11.2 Å². The number of ether oxygens (including phenoxy) is 1. The first-order valence-corrected chi connectivity index (χ1v) is 6.34. The number of hydrogen-bond donors (Lipinski definition) is 0. The molecule has 0 saturated carbocycles. The van der Waals surface area contributed by atoms with Gasteiger partial charge in [0, 0.05) is 13.1 Å². The smallest absolute Gasteiger partial charge is 0.229 e. The Bertz CT molecular complexity index is 424. The van der Waals surface area contributed by atoms with Gasteiger partial charge in [-0.05, 0) is 30.9 Å². The van der Waals surface area contributed by atoms with Crippen molar-refractivity contribution in [2.24, 2.45) is 5.92 Å². The summed E-state index contributed by atoms with van der Waals surface area (Å²) >= 11 is 0. The fourth-order valence-corrected chi connectivity index (χ4v) is 2.68. The summed E-state index contributed by atoms with van der Waals surface area (Å²) in [6.07, 6.45) is 3.12. The van der Waals surface area contributed by atoms with Gasteiger partial charge >= 0.3 is 0 Å². The third-order valence-corrected chi connectivity index (χ3v) is 3.65. The predicted molar refractivity (Wildman–Crippen MR) is 64.9 cm³/mol. The van der Waals surface area contributed by atoms with Crippen LogP contribution in [0.4, 0.5) is 0 Å². The molecule has 2 aliphatic heterocycles. The minimum atomic E-state index is 0.0167. The largest absolute Gasteiger partial charge is 0.492 e. The standard InChI is InChI=1S/C14H17NO2/c16-14(15-7-3-4-8-15)12-9-11-5-1-2-6-13(11)17-10-12/h1-2,5-6,12H,3-4,7-10H2. The second-order valence-electron chi connectivity index (χ2n) is 4.85. The Labute approximate surface area is 101 Å². The Hall–Kier alpha value is -1.51. The third-order valence-electron chi connectivity index (χ3n) is 3.65. The molecule has 0 spiro atoms. The SMILES string of the molecule is O=C(C1COc2ccccc2C1)N1CCCC1. The summed E-state index contributed by atoms with van der Waals surface area (Å²) in [7, 11) is 0. The van der Waals surface area contributed by atoms with Gasteiger partial charge in [0.1, 0.15) is 12.4 Å². The second-order valence-corrected chi connectivity index (χ2v) is 4.85. The average Bonchev–Trinajstić information content (AvgIpc) is 2.91. The van der Waals surface area contributed by atoms with Crippen molar-refractivity contribution in [2.75, 3.05) is 19.7 Å². The van der Waals surface area contributed by atoms with E-state index in [-0.39, 0.29) is 11.8 Å². The van der Waals surface area contributed by atoms with E-state index in [9.17, 15) is 4.79 Å². The maximum absolute atomic E-state index is 12.3. The number of nitrogens with zero attached hydrogens (tertiary/aromatic N) is 1. The Morgan fingerprint density at radius 2 is 2.00 bits per heavy atom. The Morgan fingerprint density at radius 1 is 1.24 bits per heavy atom. The minimum absolute atomic E-state index is 0.0167. The van der Waals surface area contributed by atoms with E-state index < -0.39 is 0 Å². The number of benzene rings is 1. The molecule has 1 aromatic carbocycles. The zero-order valence-corrected chi connectivity index (χ0v) is 9.89. The first-order chi connectivity index (χ1) is 8.34. The molecule has 1 atom stereocenters. The zero-order valence-electron chi connectivity index (χ0n) is 9.89. The van der Waals surface area contributed by atoms with Crippen LogP contribution in [0.3, 0.4) is 0 Å². The quantitative estimate of drug-likeness (QED) is 0.738. The molecule has 1 saturated heterocycles. The van der Waals surface area contributed by atoms with Gasteiger partial charge in [-0.25, -0.2) is 0 Å². The molecule has 0 aromatic heterocycles. The van der Waals surface area contributed by atoms with Gasteiger partial charge in [-0.1, -0.05) is 18.2 Å². The van der Waals surface area contributed by atoms with Gasteiger partial charge in [0.15, 0.2) is 0 Å². The molecule has 2 heterocycles. The number of para-hydroxylation sites is 1. The van der Waals surface area contributed by atoms with Gasteiger partial charge in [0.25, 0.3) is 0 Å². The second kappa shape index (κ2) is 4.40. The lowest BCUT2D eigenvalue weighted by Gasteiger charge is -2.27. The lowest BCUT2D eigenvalue weighted by Crippen LogP contribution is -2.39. The molecule has 1 amide bonds. The lowest BCUT2D eigenvalue weighted by atomic mass is 9.95. The Kier molecular flexibility index (Phi) is 2.75. The molecule has 2 aliphatic rings. The van der Waals surface area contributed by atoms with Gasteiger partial charge < -0.3 is 9.64 Å². The van der Waals surface area contributed by atoms with Crippen LogP contribution in [0.25, 0.3) is 0 Å². The maximum atomic E-state index is 12.3. The van der Waals surface area contributed by atoms with Crippen molar-refractivity contribution in [3.8, 4) is 5.75 Å². The Balaban J connectivity index is 1.73. The monoisotopic (exact) mass is 231 g/mol. The first kappa shape index (κ1) is 10.6. The number of rotatable bonds is 1. The van der Waals surface area contributed by atoms with Crippen molar-refractivity contribution in [1.29, 1.82) is 0 Å². The van der Waals surface area contributed by atoms with E-state index in [4.69, 9.17) is 4.74 Å². The van der Waals surface area contributed by atoms with Crippen LogP contribution in [0.1, 0.15) is 18.4 Å². The van der Waals surface area contributed by atoms with Crippen LogP contribution in [-0.4, -0.2) is 30.5 Å². The van der Waals surface area contributed by atoms with Gasteiger partial charge in [-0.3, -0.25) is 4.79 Å². The van der Waals surface area contributed by atoms with Crippen molar-refractivity contribution in [3.63, 3.8) is 0 Å². The van der Waals surface area contributed by atoms with E-state index >= 15 is 0 Å². The fourth-order valence-electron chi connectivity index (χ4n) is 2.68. The topological polar surface area (TPSA) is 29.5 Å². The molecule has 0 bridgehead atoms. The van der Waals surface area contributed by atoms with E-state index in [0.717, 1.165) is 43.7 Å². The summed E-state index contributed by atoms with van der Waals surface area (Å²) in [5.74, 6) is 1.23. The zero-order chi connectivity index (χ0) is 11.7. The van der Waals surface area contributed by atoms with Crippen molar-refractivity contribution in [1.82, 2.24) is 4.90 Å². The van der Waals surface area contributed by atoms with Crippen molar-refractivity contribution in [2.45, 2.75) is 19.3 Å². The summed E-state index contributed by atoms with van der Waals surface area (Å²) in [4.78, 5) is 14.2.